The van der Waals surface area contributed by atoms with E-state index in [1.165, 1.54) is 25.7 Å². The Morgan fingerprint density at radius 2 is 1.96 bits per heavy atom. The molecule has 1 aliphatic carbocycles. The average Bonchev–Trinajstić information content (AvgIpc) is 3.33. The molecular formula is C21H31N5O2. The van der Waals surface area contributed by atoms with Crippen LogP contribution in [0.15, 0.2) is 18.5 Å². The minimum atomic E-state index is -0.0632. The van der Waals surface area contributed by atoms with Crippen molar-refractivity contribution < 1.29 is 9.53 Å². The molecule has 2 aromatic rings. The van der Waals surface area contributed by atoms with Crippen molar-refractivity contribution in [1.29, 1.82) is 0 Å². The summed E-state index contributed by atoms with van der Waals surface area (Å²) in [6.07, 6.45) is 9.85. The van der Waals surface area contributed by atoms with E-state index in [-0.39, 0.29) is 18.1 Å². The first-order valence-electron chi connectivity index (χ1n) is 10.6. The minimum absolute atomic E-state index is 0.0632. The number of fused-ring (bicyclic) bond motifs is 1. The number of aromatic nitrogens is 3. The molecule has 1 N–H and O–H groups in total. The van der Waals surface area contributed by atoms with Crippen molar-refractivity contribution in [3.8, 4) is 0 Å². The van der Waals surface area contributed by atoms with Gasteiger partial charge in [-0.15, -0.1) is 0 Å². The summed E-state index contributed by atoms with van der Waals surface area (Å²) in [6.45, 7) is 7.79. The molecule has 2 aliphatic rings. The summed E-state index contributed by atoms with van der Waals surface area (Å²) in [7, 11) is 0. The van der Waals surface area contributed by atoms with Crippen LogP contribution in [0.2, 0.25) is 0 Å². The number of carbonyl (C=O) groups excluding carboxylic acids is 1. The maximum Gasteiger partial charge on any atom is 0.252 e. The van der Waals surface area contributed by atoms with Gasteiger partial charge in [0.2, 0.25) is 0 Å². The topological polar surface area (TPSA) is 72.3 Å². The molecule has 1 saturated heterocycles. The Kier molecular flexibility index (Phi) is 5.92. The van der Waals surface area contributed by atoms with Crippen LogP contribution in [0.4, 0.5) is 0 Å². The number of nitrogens with zero attached hydrogens (tertiary/aromatic N) is 4. The summed E-state index contributed by atoms with van der Waals surface area (Å²) in [5.74, 6) is -0.0632. The maximum atomic E-state index is 12.5. The Labute approximate surface area is 166 Å². The summed E-state index contributed by atoms with van der Waals surface area (Å²) in [5, 5.41) is 8.49. The second kappa shape index (κ2) is 8.57. The number of nitrogens with one attached hydrogen (secondary N) is 1. The zero-order chi connectivity index (χ0) is 19.5. The molecule has 1 saturated carbocycles. The van der Waals surface area contributed by atoms with E-state index in [4.69, 9.17) is 4.74 Å². The summed E-state index contributed by atoms with van der Waals surface area (Å²) in [5.41, 5.74) is 1.49. The number of ether oxygens (including phenoxy) is 1. The number of hydrogen-bond acceptors (Lipinski definition) is 5. The lowest BCUT2D eigenvalue weighted by molar-refractivity contribution is -0.0679. The highest BCUT2D eigenvalue weighted by molar-refractivity contribution is 5.96. The molecule has 2 fully saturated rings. The van der Waals surface area contributed by atoms with Crippen LogP contribution in [-0.2, 0) is 4.74 Å². The first kappa shape index (κ1) is 19.3. The normalized spacial score (nSPS) is 24.1. The molecule has 7 nitrogen and oxygen atoms in total. The fraction of sp³-hybridized carbons (Fsp3) is 0.667. The number of carbonyl (C=O) groups is 1. The van der Waals surface area contributed by atoms with Crippen LogP contribution in [-0.4, -0.2) is 64.0 Å². The quantitative estimate of drug-likeness (QED) is 0.774. The smallest absolute Gasteiger partial charge is 0.252 e. The van der Waals surface area contributed by atoms with Gasteiger partial charge in [-0.1, -0.05) is 12.8 Å². The number of rotatable bonds is 6. The van der Waals surface area contributed by atoms with Gasteiger partial charge in [-0.25, -0.2) is 9.67 Å². The molecule has 152 valence electrons. The van der Waals surface area contributed by atoms with Gasteiger partial charge in [-0.3, -0.25) is 9.69 Å². The van der Waals surface area contributed by atoms with E-state index in [1.807, 2.05) is 16.9 Å². The van der Waals surface area contributed by atoms with Crippen molar-refractivity contribution in [1.82, 2.24) is 25.0 Å². The van der Waals surface area contributed by atoms with Crippen molar-refractivity contribution in [2.24, 2.45) is 0 Å². The summed E-state index contributed by atoms with van der Waals surface area (Å²) in [6, 6.07) is 2.36. The monoisotopic (exact) mass is 385 g/mol. The van der Waals surface area contributed by atoms with E-state index in [9.17, 15) is 4.79 Å². The summed E-state index contributed by atoms with van der Waals surface area (Å²) >= 11 is 0. The zero-order valence-corrected chi connectivity index (χ0v) is 16.9. The van der Waals surface area contributed by atoms with Crippen molar-refractivity contribution >= 4 is 16.9 Å². The van der Waals surface area contributed by atoms with E-state index in [2.05, 4.69) is 34.1 Å². The molecular weight excluding hydrogens is 354 g/mol. The van der Waals surface area contributed by atoms with Crippen LogP contribution in [0, 0.1) is 0 Å². The van der Waals surface area contributed by atoms with Gasteiger partial charge in [-0.05, 0) is 39.2 Å². The van der Waals surface area contributed by atoms with E-state index in [0.717, 1.165) is 37.1 Å². The molecule has 0 aromatic carbocycles. The van der Waals surface area contributed by atoms with Crippen LogP contribution in [0.25, 0.3) is 11.0 Å². The Bertz CT molecular complexity index is 804. The lowest BCUT2D eigenvalue weighted by Gasteiger charge is -2.35. The van der Waals surface area contributed by atoms with E-state index in [1.54, 1.807) is 6.20 Å². The lowest BCUT2D eigenvalue weighted by atomic mass is 10.2. The third-order valence-electron chi connectivity index (χ3n) is 5.80. The standard InChI is InChI=1S/C21H31N5O2/c1-15-13-25(14-16(2)28-15)9-5-8-22-21(27)18-10-17-12-24-26(20(17)23-11-18)19-6-3-4-7-19/h10-12,15-16,19H,3-9,13-14H2,1-2H3,(H,22,27)/t15-,16-/m0/s1. The molecule has 2 aromatic heterocycles. The van der Waals surface area contributed by atoms with Crippen molar-refractivity contribution in [3.63, 3.8) is 0 Å². The molecule has 0 unspecified atom stereocenters. The third-order valence-corrected chi connectivity index (χ3v) is 5.80. The van der Waals surface area contributed by atoms with Gasteiger partial charge in [0.25, 0.3) is 5.91 Å². The number of morpholine rings is 1. The van der Waals surface area contributed by atoms with Gasteiger partial charge in [0, 0.05) is 37.8 Å². The van der Waals surface area contributed by atoms with E-state index in [0.29, 0.717) is 18.2 Å². The molecule has 1 aliphatic heterocycles. The van der Waals surface area contributed by atoms with Crippen LogP contribution < -0.4 is 5.32 Å². The average molecular weight is 386 g/mol. The van der Waals surface area contributed by atoms with Gasteiger partial charge in [0.1, 0.15) is 0 Å². The second-order valence-corrected chi connectivity index (χ2v) is 8.29. The molecule has 1 amide bonds. The predicted octanol–water partition coefficient (Wildman–Crippen LogP) is 2.78. The largest absolute Gasteiger partial charge is 0.373 e. The molecule has 0 radical (unpaired) electrons. The molecule has 0 spiro atoms. The Morgan fingerprint density at radius 3 is 2.71 bits per heavy atom. The second-order valence-electron chi connectivity index (χ2n) is 8.29. The van der Waals surface area contributed by atoms with Crippen molar-refractivity contribution in [2.75, 3.05) is 26.2 Å². The fourth-order valence-electron chi connectivity index (χ4n) is 4.55. The fourth-order valence-corrected chi connectivity index (χ4v) is 4.55. The van der Waals surface area contributed by atoms with E-state index >= 15 is 0 Å². The highest BCUT2D eigenvalue weighted by atomic mass is 16.5. The van der Waals surface area contributed by atoms with Crippen LogP contribution in [0.1, 0.15) is 62.4 Å². The third kappa shape index (κ3) is 4.36. The Hall–Kier alpha value is -1.99. The summed E-state index contributed by atoms with van der Waals surface area (Å²) in [4.78, 5) is 19.4. The highest BCUT2D eigenvalue weighted by Crippen LogP contribution is 2.31. The maximum absolute atomic E-state index is 12.5. The van der Waals surface area contributed by atoms with Crippen molar-refractivity contribution in [3.05, 3.63) is 24.0 Å². The zero-order valence-electron chi connectivity index (χ0n) is 16.9. The molecule has 0 bridgehead atoms. The summed E-state index contributed by atoms with van der Waals surface area (Å²) < 4.78 is 7.80. The van der Waals surface area contributed by atoms with Crippen LogP contribution in [0.5, 0.6) is 0 Å². The first-order valence-corrected chi connectivity index (χ1v) is 10.6. The molecule has 2 atom stereocenters. The van der Waals surface area contributed by atoms with Gasteiger partial charge < -0.3 is 10.1 Å². The molecule has 3 heterocycles. The Morgan fingerprint density at radius 1 is 1.21 bits per heavy atom. The Balaban J connectivity index is 1.29. The first-order chi connectivity index (χ1) is 13.6. The number of amides is 1. The highest BCUT2D eigenvalue weighted by Gasteiger charge is 2.22. The lowest BCUT2D eigenvalue weighted by Crippen LogP contribution is -2.46. The van der Waals surface area contributed by atoms with Gasteiger partial charge in [-0.2, -0.15) is 5.10 Å². The predicted molar refractivity (Wildman–Crippen MR) is 108 cm³/mol. The van der Waals surface area contributed by atoms with Crippen LogP contribution >= 0.6 is 0 Å². The van der Waals surface area contributed by atoms with Crippen molar-refractivity contribution in [2.45, 2.75) is 64.2 Å². The molecule has 7 heteroatoms. The SMILES string of the molecule is C[C@H]1CN(CCCNC(=O)c2cnc3c(cnn3C3CCCC3)c2)C[C@H](C)O1. The minimum Gasteiger partial charge on any atom is -0.373 e. The van der Waals surface area contributed by atoms with E-state index < -0.39 is 0 Å². The number of hydrogen-bond donors (Lipinski definition) is 1. The molecule has 4 rings (SSSR count). The number of pyridine rings is 1. The molecule has 28 heavy (non-hydrogen) atoms. The van der Waals surface area contributed by atoms with Gasteiger partial charge in [0.05, 0.1) is 30.0 Å². The van der Waals surface area contributed by atoms with Gasteiger partial charge >= 0.3 is 0 Å². The van der Waals surface area contributed by atoms with Crippen LogP contribution in [0.3, 0.4) is 0 Å². The van der Waals surface area contributed by atoms with Gasteiger partial charge in [0.15, 0.2) is 5.65 Å².